The molecule has 3 aromatic rings. The number of carbonyl (C=O) groups is 1. The lowest BCUT2D eigenvalue weighted by Gasteiger charge is -2.35. The van der Waals surface area contributed by atoms with Crippen molar-refractivity contribution in [2.75, 3.05) is 27.9 Å². The van der Waals surface area contributed by atoms with Gasteiger partial charge in [0, 0.05) is 6.08 Å². The van der Waals surface area contributed by atoms with Gasteiger partial charge in [0.15, 0.2) is 0 Å². The molecule has 0 amide bonds. The molecule has 31 heavy (non-hydrogen) atoms. The molecule has 160 valence electrons. The van der Waals surface area contributed by atoms with Gasteiger partial charge in [-0.3, -0.25) is 0 Å². The molecule has 0 N–H and O–H groups in total. The molecule has 0 atom stereocenters. The van der Waals surface area contributed by atoms with Gasteiger partial charge in [-0.2, -0.15) is 0 Å². The van der Waals surface area contributed by atoms with Crippen LogP contribution in [0.15, 0.2) is 91.0 Å². The Balaban J connectivity index is 2.15. The van der Waals surface area contributed by atoms with Crippen LogP contribution in [0.1, 0.15) is 16.7 Å². The van der Waals surface area contributed by atoms with E-state index in [2.05, 4.69) is 4.74 Å². The number of rotatable bonds is 9. The highest BCUT2D eigenvalue weighted by Crippen LogP contribution is 2.41. The number of esters is 1. The fourth-order valence-electron chi connectivity index (χ4n) is 3.46. The molecule has 0 aromatic heterocycles. The molecule has 0 saturated carbocycles. The van der Waals surface area contributed by atoms with E-state index in [0.29, 0.717) is 0 Å². The van der Waals surface area contributed by atoms with Crippen LogP contribution in [0.25, 0.3) is 0 Å². The maximum atomic E-state index is 11.5. The molecular weight excluding hydrogens is 392 g/mol. The summed E-state index contributed by atoms with van der Waals surface area (Å²) in [5.41, 5.74) is 1.89. The summed E-state index contributed by atoms with van der Waals surface area (Å²) in [4.78, 5) is 11.5. The molecule has 5 nitrogen and oxygen atoms in total. The molecular formula is C26H26O5. The molecule has 0 radical (unpaired) electrons. The van der Waals surface area contributed by atoms with Crippen LogP contribution in [-0.4, -0.2) is 33.9 Å². The third-order valence-electron chi connectivity index (χ3n) is 5.02. The second kappa shape index (κ2) is 10.5. The van der Waals surface area contributed by atoms with Gasteiger partial charge in [-0.05, 0) is 41.0 Å². The lowest BCUT2D eigenvalue weighted by molar-refractivity contribution is -0.134. The first-order chi connectivity index (χ1) is 15.1. The third-order valence-corrected chi connectivity index (χ3v) is 5.02. The van der Waals surface area contributed by atoms with Gasteiger partial charge in [0.2, 0.25) is 0 Å². The standard InChI is InChI=1S/C26H26O5/c1-28-23-15-11-21(12-16-23)26(20-8-5-4-6-9-20,31-19-7-10-25(27)30-3)22-13-17-24(29-2)18-14-22/h4-18H,19H2,1-3H3/b10-7-. The number of hydrogen-bond acceptors (Lipinski definition) is 5. The Hall–Kier alpha value is -3.57. The van der Waals surface area contributed by atoms with E-state index in [-0.39, 0.29) is 6.61 Å². The molecule has 0 saturated heterocycles. The smallest absolute Gasteiger partial charge is 0.330 e. The first-order valence-corrected chi connectivity index (χ1v) is 9.87. The first kappa shape index (κ1) is 22.1. The average molecular weight is 418 g/mol. The van der Waals surface area contributed by atoms with E-state index in [1.807, 2.05) is 78.9 Å². The highest BCUT2D eigenvalue weighted by Gasteiger charge is 2.37. The van der Waals surface area contributed by atoms with Crippen LogP contribution >= 0.6 is 0 Å². The minimum atomic E-state index is -0.916. The molecule has 5 heteroatoms. The zero-order valence-electron chi connectivity index (χ0n) is 17.9. The molecule has 3 rings (SSSR count). The topological polar surface area (TPSA) is 54.0 Å². The first-order valence-electron chi connectivity index (χ1n) is 9.87. The van der Waals surface area contributed by atoms with Gasteiger partial charge < -0.3 is 18.9 Å². The van der Waals surface area contributed by atoms with Crippen molar-refractivity contribution in [1.82, 2.24) is 0 Å². The zero-order valence-corrected chi connectivity index (χ0v) is 17.9. The Bertz CT molecular complexity index is 945. The molecule has 0 heterocycles. The maximum Gasteiger partial charge on any atom is 0.330 e. The molecule has 0 bridgehead atoms. The van der Waals surface area contributed by atoms with Crippen LogP contribution < -0.4 is 9.47 Å². The SMILES string of the molecule is COC(=O)/C=C\COC(c1ccccc1)(c1ccc(OC)cc1)c1ccc(OC)cc1. The van der Waals surface area contributed by atoms with E-state index in [1.54, 1.807) is 20.3 Å². The third kappa shape index (κ3) is 4.95. The van der Waals surface area contributed by atoms with Crippen molar-refractivity contribution in [2.24, 2.45) is 0 Å². The van der Waals surface area contributed by atoms with Crippen molar-refractivity contribution in [3.05, 3.63) is 108 Å². The van der Waals surface area contributed by atoms with E-state index < -0.39 is 11.6 Å². The molecule has 0 spiro atoms. The summed E-state index contributed by atoms with van der Waals surface area (Å²) in [6, 6.07) is 25.5. The number of ether oxygens (including phenoxy) is 4. The van der Waals surface area contributed by atoms with Gasteiger partial charge >= 0.3 is 5.97 Å². The van der Waals surface area contributed by atoms with Crippen molar-refractivity contribution < 1.29 is 23.7 Å². The van der Waals surface area contributed by atoms with Crippen LogP contribution in [-0.2, 0) is 19.9 Å². The van der Waals surface area contributed by atoms with E-state index in [1.165, 1.54) is 13.2 Å². The van der Waals surface area contributed by atoms with Gasteiger partial charge in [-0.1, -0.05) is 60.7 Å². The predicted molar refractivity (Wildman–Crippen MR) is 119 cm³/mol. The van der Waals surface area contributed by atoms with Crippen molar-refractivity contribution in [1.29, 1.82) is 0 Å². The van der Waals surface area contributed by atoms with Crippen molar-refractivity contribution in [2.45, 2.75) is 5.60 Å². The van der Waals surface area contributed by atoms with Crippen LogP contribution in [0.5, 0.6) is 11.5 Å². The number of methoxy groups -OCH3 is 3. The largest absolute Gasteiger partial charge is 0.497 e. The Morgan fingerprint density at radius 1 is 0.742 bits per heavy atom. The normalized spacial score (nSPS) is 11.3. The lowest BCUT2D eigenvalue weighted by Crippen LogP contribution is -2.33. The molecule has 0 aliphatic heterocycles. The Labute approximate surface area is 182 Å². The minimum Gasteiger partial charge on any atom is -0.497 e. The quantitative estimate of drug-likeness (QED) is 0.285. The van der Waals surface area contributed by atoms with Crippen LogP contribution in [0, 0.1) is 0 Å². The summed E-state index contributed by atoms with van der Waals surface area (Å²) in [5, 5.41) is 0. The lowest BCUT2D eigenvalue weighted by atomic mass is 9.80. The molecule has 0 unspecified atom stereocenters. The number of benzene rings is 3. The van der Waals surface area contributed by atoms with Gasteiger partial charge in [0.1, 0.15) is 17.1 Å². The Morgan fingerprint density at radius 2 is 1.23 bits per heavy atom. The van der Waals surface area contributed by atoms with Crippen LogP contribution in [0.4, 0.5) is 0 Å². The van der Waals surface area contributed by atoms with Gasteiger partial charge in [-0.25, -0.2) is 4.79 Å². The summed E-state index contributed by atoms with van der Waals surface area (Å²) in [6.45, 7) is 0.196. The molecule has 0 aliphatic rings. The Morgan fingerprint density at radius 3 is 1.68 bits per heavy atom. The summed E-state index contributed by atoms with van der Waals surface area (Å²) >= 11 is 0. The maximum absolute atomic E-state index is 11.5. The van der Waals surface area contributed by atoms with Gasteiger partial charge in [0.05, 0.1) is 27.9 Å². The molecule has 0 fully saturated rings. The fourth-order valence-corrected chi connectivity index (χ4v) is 3.46. The zero-order chi connectivity index (χ0) is 22.1. The predicted octanol–water partition coefficient (Wildman–Crippen LogP) is 4.74. The fraction of sp³-hybridized carbons (Fsp3) is 0.192. The number of hydrogen-bond donors (Lipinski definition) is 0. The van der Waals surface area contributed by atoms with E-state index >= 15 is 0 Å². The summed E-state index contributed by atoms with van der Waals surface area (Å²) < 4.78 is 21.9. The van der Waals surface area contributed by atoms with Crippen molar-refractivity contribution in [3.8, 4) is 11.5 Å². The van der Waals surface area contributed by atoms with Crippen LogP contribution in [0.2, 0.25) is 0 Å². The van der Waals surface area contributed by atoms with E-state index in [9.17, 15) is 4.79 Å². The second-order valence-electron chi connectivity index (χ2n) is 6.74. The minimum absolute atomic E-state index is 0.196. The van der Waals surface area contributed by atoms with Gasteiger partial charge in [0.25, 0.3) is 0 Å². The van der Waals surface area contributed by atoms with Crippen molar-refractivity contribution in [3.63, 3.8) is 0 Å². The average Bonchev–Trinajstić information content (AvgIpc) is 2.85. The Kier molecular flexibility index (Phi) is 7.46. The number of carbonyl (C=O) groups excluding carboxylic acids is 1. The second-order valence-corrected chi connectivity index (χ2v) is 6.74. The molecule has 3 aromatic carbocycles. The summed E-state index contributed by atoms with van der Waals surface area (Å²) in [6.07, 6.45) is 3.01. The summed E-state index contributed by atoms with van der Waals surface area (Å²) in [5.74, 6) is 1.08. The van der Waals surface area contributed by atoms with Gasteiger partial charge in [-0.15, -0.1) is 0 Å². The van der Waals surface area contributed by atoms with E-state index in [0.717, 1.165) is 28.2 Å². The van der Waals surface area contributed by atoms with E-state index in [4.69, 9.17) is 14.2 Å². The highest BCUT2D eigenvalue weighted by molar-refractivity contribution is 5.81. The highest BCUT2D eigenvalue weighted by atomic mass is 16.5. The summed E-state index contributed by atoms with van der Waals surface area (Å²) in [7, 11) is 4.62. The van der Waals surface area contributed by atoms with Crippen molar-refractivity contribution >= 4 is 5.97 Å². The monoisotopic (exact) mass is 418 g/mol. The molecule has 0 aliphatic carbocycles. The van der Waals surface area contributed by atoms with Crippen LogP contribution in [0.3, 0.4) is 0 Å².